The predicted molar refractivity (Wildman–Crippen MR) is 107 cm³/mol. The Hall–Kier alpha value is -3.08. The first-order valence-electron chi connectivity index (χ1n) is 9.66. The Balaban J connectivity index is 1.48. The van der Waals surface area contributed by atoms with Gasteiger partial charge in [0.2, 0.25) is 0 Å². The molecule has 0 atom stereocenters. The van der Waals surface area contributed by atoms with Gasteiger partial charge in [-0.25, -0.2) is 4.79 Å². The summed E-state index contributed by atoms with van der Waals surface area (Å²) in [7, 11) is 0. The van der Waals surface area contributed by atoms with Gasteiger partial charge in [-0.3, -0.25) is 4.79 Å². The van der Waals surface area contributed by atoms with Crippen LogP contribution in [0.2, 0.25) is 0 Å². The molecule has 0 spiro atoms. The maximum absolute atomic E-state index is 12.4. The minimum absolute atomic E-state index is 0.284. The second-order valence-electron chi connectivity index (χ2n) is 6.70. The molecule has 0 aliphatic heterocycles. The zero-order valence-electron chi connectivity index (χ0n) is 15.9. The van der Waals surface area contributed by atoms with E-state index in [4.69, 9.17) is 9.47 Å². The summed E-state index contributed by atoms with van der Waals surface area (Å²) >= 11 is 0. The summed E-state index contributed by atoms with van der Waals surface area (Å²) in [5, 5.41) is 2.80. The summed E-state index contributed by atoms with van der Waals surface area (Å²) in [5.74, 6) is 0.128. The first-order valence-corrected chi connectivity index (χ1v) is 9.66. The van der Waals surface area contributed by atoms with Crippen LogP contribution in [-0.4, -0.2) is 25.0 Å². The van der Waals surface area contributed by atoms with Crippen LogP contribution in [0.3, 0.4) is 0 Å². The van der Waals surface area contributed by atoms with Crippen LogP contribution < -0.4 is 10.1 Å². The van der Waals surface area contributed by atoms with E-state index in [-0.39, 0.29) is 18.1 Å². The molecule has 1 aliphatic carbocycles. The van der Waals surface area contributed by atoms with Gasteiger partial charge in [0.15, 0.2) is 6.61 Å². The summed E-state index contributed by atoms with van der Waals surface area (Å²) in [6, 6.07) is 16.0. The standard InChI is InChI=1S/C23H25NO4/c25-22(24-16-15-18-9-3-1-4-10-18)17-27-23(26)20-13-7-8-14-21(20)28-19-11-5-2-6-12-19/h2,5-9,11-14H,1,3-4,10,15-17H2,(H,24,25). The fraction of sp³-hybridized carbons (Fsp3) is 0.304. The van der Waals surface area contributed by atoms with Gasteiger partial charge in [-0.2, -0.15) is 0 Å². The predicted octanol–water partition coefficient (Wildman–Crippen LogP) is 4.64. The number of esters is 1. The van der Waals surface area contributed by atoms with E-state index in [1.54, 1.807) is 36.4 Å². The van der Waals surface area contributed by atoms with Crippen LogP contribution in [0.25, 0.3) is 0 Å². The van der Waals surface area contributed by atoms with E-state index >= 15 is 0 Å². The lowest BCUT2D eigenvalue weighted by molar-refractivity contribution is -0.124. The molecular formula is C23H25NO4. The van der Waals surface area contributed by atoms with E-state index in [9.17, 15) is 9.59 Å². The summed E-state index contributed by atoms with van der Waals surface area (Å²) in [6.07, 6.45) is 7.84. The van der Waals surface area contributed by atoms with E-state index in [0.29, 0.717) is 18.0 Å². The number of benzene rings is 2. The zero-order chi connectivity index (χ0) is 19.6. The third-order valence-electron chi connectivity index (χ3n) is 4.57. The summed E-state index contributed by atoms with van der Waals surface area (Å²) in [5.41, 5.74) is 1.68. The van der Waals surface area contributed by atoms with Crippen molar-refractivity contribution in [2.24, 2.45) is 0 Å². The molecule has 0 bridgehead atoms. The minimum atomic E-state index is -0.586. The van der Waals surface area contributed by atoms with E-state index < -0.39 is 5.97 Å². The molecule has 0 radical (unpaired) electrons. The van der Waals surface area contributed by atoms with Crippen molar-refractivity contribution in [3.63, 3.8) is 0 Å². The third-order valence-corrected chi connectivity index (χ3v) is 4.57. The molecule has 146 valence electrons. The Bertz CT molecular complexity index is 830. The molecule has 2 aromatic carbocycles. The highest BCUT2D eigenvalue weighted by Crippen LogP contribution is 2.25. The molecule has 5 heteroatoms. The van der Waals surface area contributed by atoms with Gasteiger partial charge in [-0.15, -0.1) is 0 Å². The first kappa shape index (κ1) is 19.7. The molecule has 2 aromatic rings. The maximum Gasteiger partial charge on any atom is 0.342 e. The average Bonchev–Trinajstić information content (AvgIpc) is 2.74. The fourth-order valence-electron chi connectivity index (χ4n) is 3.09. The van der Waals surface area contributed by atoms with Crippen molar-refractivity contribution in [1.29, 1.82) is 0 Å². The van der Waals surface area contributed by atoms with Crippen LogP contribution in [0.1, 0.15) is 42.5 Å². The number of allylic oxidation sites excluding steroid dienone is 1. The second kappa shape index (κ2) is 10.3. The lowest BCUT2D eigenvalue weighted by Gasteiger charge is -2.13. The fourth-order valence-corrected chi connectivity index (χ4v) is 3.09. The van der Waals surface area contributed by atoms with Gasteiger partial charge in [0.1, 0.15) is 17.1 Å². The van der Waals surface area contributed by atoms with Gasteiger partial charge in [0.05, 0.1) is 0 Å². The minimum Gasteiger partial charge on any atom is -0.456 e. The van der Waals surface area contributed by atoms with Crippen molar-refractivity contribution in [3.8, 4) is 11.5 Å². The molecule has 0 heterocycles. The maximum atomic E-state index is 12.4. The summed E-state index contributed by atoms with van der Waals surface area (Å²) in [4.78, 5) is 24.3. The van der Waals surface area contributed by atoms with Crippen molar-refractivity contribution in [2.75, 3.05) is 13.2 Å². The van der Waals surface area contributed by atoms with Gasteiger partial charge in [0.25, 0.3) is 5.91 Å². The van der Waals surface area contributed by atoms with E-state index in [1.807, 2.05) is 18.2 Å². The van der Waals surface area contributed by atoms with Crippen LogP contribution >= 0.6 is 0 Å². The first-order chi connectivity index (χ1) is 13.7. The topological polar surface area (TPSA) is 64.6 Å². The molecule has 0 fully saturated rings. The van der Waals surface area contributed by atoms with E-state index in [0.717, 1.165) is 19.3 Å². The van der Waals surface area contributed by atoms with E-state index in [1.165, 1.54) is 18.4 Å². The Labute approximate surface area is 165 Å². The van der Waals surface area contributed by atoms with Crippen molar-refractivity contribution in [1.82, 2.24) is 5.32 Å². The Morgan fingerprint density at radius 3 is 2.54 bits per heavy atom. The highest BCUT2D eigenvalue weighted by molar-refractivity contribution is 5.94. The van der Waals surface area contributed by atoms with Crippen molar-refractivity contribution in [2.45, 2.75) is 32.1 Å². The van der Waals surface area contributed by atoms with Gasteiger partial charge >= 0.3 is 5.97 Å². The van der Waals surface area contributed by atoms with Crippen LogP contribution in [0.5, 0.6) is 11.5 Å². The lowest BCUT2D eigenvalue weighted by Crippen LogP contribution is -2.30. The monoisotopic (exact) mass is 379 g/mol. The molecule has 0 saturated carbocycles. The molecule has 28 heavy (non-hydrogen) atoms. The normalized spacial score (nSPS) is 13.4. The number of ether oxygens (including phenoxy) is 2. The van der Waals surface area contributed by atoms with Gasteiger partial charge in [-0.05, 0) is 56.4 Å². The van der Waals surface area contributed by atoms with Gasteiger partial charge < -0.3 is 14.8 Å². The average molecular weight is 379 g/mol. The van der Waals surface area contributed by atoms with Crippen LogP contribution in [0.4, 0.5) is 0 Å². The molecular weight excluding hydrogens is 354 g/mol. The number of para-hydroxylation sites is 2. The molecule has 1 N–H and O–H groups in total. The largest absolute Gasteiger partial charge is 0.456 e. The third kappa shape index (κ3) is 5.98. The lowest BCUT2D eigenvalue weighted by atomic mass is 9.97. The molecule has 0 aromatic heterocycles. The molecule has 5 nitrogen and oxygen atoms in total. The smallest absolute Gasteiger partial charge is 0.342 e. The van der Waals surface area contributed by atoms with Gasteiger partial charge in [0, 0.05) is 6.54 Å². The van der Waals surface area contributed by atoms with Gasteiger partial charge in [-0.1, -0.05) is 42.0 Å². The summed E-state index contributed by atoms with van der Waals surface area (Å²) < 4.78 is 10.9. The Morgan fingerprint density at radius 1 is 0.964 bits per heavy atom. The second-order valence-corrected chi connectivity index (χ2v) is 6.70. The number of hydrogen-bond donors (Lipinski definition) is 1. The Morgan fingerprint density at radius 2 is 1.75 bits per heavy atom. The van der Waals surface area contributed by atoms with Crippen LogP contribution in [0.15, 0.2) is 66.2 Å². The quantitative estimate of drug-likeness (QED) is 0.536. The molecule has 1 aliphatic rings. The molecule has 3 rings (SSSR count). The number of hydrogen-bond acceptors (Lipinski definition) is 4. The van der Waals surface area contributed by atoms with Crippen molar-refractivity contribution in [3.05, 3.63) is 71.8 Å². The molecule has 1 amide bonds. The van der Waals surface area contributed by atoms with Crippen LogP contribution in [-0.2, 0) is 9.53 Å². The number of carbonyl (C=O) groups is 2. The van der Waals surface area contributed by atoms with Crippen molar-refractivity contribution < 1.29 is 19.1 Å². The Kier molecular flexibility index (Phi) is 7.24. The highest BCUT2D eigenvalue weighted by Gasteiger charge is 2.16. The number of amides is 1. The number of carbonyl (C=O) groups excluding carboxylic acids is 2. The van der Waals surface area contributed by atoms with E-state index in [2.05, 4.69) is 11.4 Å². The zero-order valence-corrected chi connectivity index (χ0v) is 15.9. The van der Waals surface area contributed by atoms with Crippen LogP contribution in [0, 0.1) is 0 Å². The number of nitrogens with one attached hydrogen (secondary N) is 1. The van der Waals surface area contributed by atoms with Crippen molar-refractivity contribution >= 4 is 11.9 Å². The highest BCUT2D eigenvalue weighted by atomic mass is 16.5. The summed E-state index contributed by atoms with van der Waals surface area (Å²) in [6.45, 7) is 0.257. The molecule has 0 unspecified atom stereocenters. The SMILES string of the molecule is O=C(COC(=O)c1ccccc1Oc1ccccc1)NCCC1=CCCCC1. The molecule has 0 saturated heterocycles. The number of rotatable bonds is 8.